The Labute approximate surface area is 106 Å². The Hall–Kier alpha value is -0.380. The molecule has 0 bridgehead atoms. The van der Waals surface area contributed by atoms with E-state index in [1.807, 2.05) is 0 Å². The van der Waals surface area contributed by atoms with Crippen molar-refractivity contribution in [3.8, 4) is 0 Å². The van der Waals surface area contributed by atoms with E-state index in [2.05, 4.69) is 52.4 Å². The number of hydrogen-bond donors (Lipinski definition) is 2. The smallest absolute Gasteiger partial charge is 0.0431 e. The van der Waals surface area contributed by atoms with Crippen LogP contribution in [0.25, 0.3) is 0 Å². The number of rotatable bonds is 7. The molecule has 1 atom stereocenters. The molecule has 0 fully saturated rings. The molecule has 2 N–H and O–H groups in total. The standard InChI is InChI=1S/C13H20BrNO/c1-2-13(15-9-3-4-10-16)11-5-7-12(14)8-6-11/h5-8,13,15-16H,2-4,9-10H2,1H3. The first-order valence-electron chi connectivity index (χ1n) is 5.87. The summed E-state index contributed by atoms with van der Waals surface area (Å²) in [5.41, 5.74) is 1.33. The fourth-order valence-electron chi connectivity index (χ4n) is 1.71. The van der Waals surface area contributed by atoms with Crippen LogP contribution in [0.5, 0.6) is 0 Å². The van der Waals surface area contributed by atoms with Crippen LogP contribution < -0.4 is 5.32 Å². The van der Waals surface area contributed by atoms with E-state index in [0.717, 1.165) is 30.3 Å². The highest BCUT2D eigenvalue weighted by Crippen LogP contribution is 2.19. The summed E-state index contributed by atoms with van der Waals surface area (Å²) in [7, 11) is 0. The summed E-state index contributed by atoms with van der Waals surface area (Å²) in [5.74, 6) is 0. The predicted molar refractivity (Wildman–Crippen MR) is 71.5 cm³/mol. The third-order valence-corrected chi connectivity index (χ3v) is 3.18. The predicted octanol–water partition coefficient (Wildman–Crippen LogP) is 3.26. The molecule has 0 saturated heterocycles. The number of nitrogens with one attached hydrogen (secondary N) is 1. The first kappa shape index (κ1) is 13.7. The Morgan fingerprint density at radius 1 is 1.25 bits per heavy atom. The molecular weight excluding hydrogens is 266 g/mol. The molecule has 16 heavy (non-hydrogen) atoms. The third-order valence-electron chi connectivity index (χ3n) is 2.66. The van der Waals surface area contributed by atoms with Crippen LogP contribution in [0.2, 0.25) is 0 Å². The van der Waals surface area contributed by atoms with Gasteiger partial charge in [0.2, 0.25) is 0 Å². The summed E-state index contributed by atoms with van der Waals surface area (Å²) in [6.45, 7) is 3.44. The van der Waals surface area contributed by atoms with E-state index in [4.69, 9.17) is 5.11 Å². The van der Waals surface area contributed by atoms with E-state index in [1.165, 1.54) is 5.56 Å². The Morgan fingerprint density at radius 3 is 2.50 bits per heavy atom. The summed E-state index contributed by atoms with van der Waals surface area (Å²) in [4.78, 5) is 0. The summed E-state index contributed by atoms with van der Waals surface area (Å²) >= 11 is 3.44. The fourth-order valence-corrected chi connectivity index (χ4v) is 1.97. The first-order chi connectivity index (χ1) is 7.77. The van der Waals surface area contributed by atoms with Gasteiger partial charge in [-0.25, -0.2) is 0 Å². The highest BCUT2D eigenvalue weighted by Gasteiger charge is 2.07. The average molecular weight is 286 g/mol. The molecule has 1 aromatic rings. The van der Waals surface area contributed by atoms with Crippen molar-refractivity contribution in [2.45, 2.75) is 32.2 Å². The van der Waals surface area contributed by atoms with Crippen molar-refractivity contribution in [2.75, 3.05) is 13.2 Å². The number of halogens is 1. The first-order valence-corrected chi connectivity index (χ1v) is 6.67. The Kier molecular flexibility index (Phi) is 6.69. The fraction of sp³-hybridized carbons (Fsp3) is 0.538. The number of aliphatic hydroxyl groups is 1. The summed E-state index contributed by atoms with van der Waals surface area (Å²) in [5, 5.41) is 12.2. The summed E-state index contributed by atoms with van der Waals surface area (Å²) in [6, 6.07) is 8.88. The molecular formula is C13H20BrNO. The Bertz CT molecular complexity index is 286. The molecule has 0 amide bonds. The maximum atomic E-state index is 8.70. The van der Waals surface area contributed by atoms with Crippen LogP contribution in [-0.4, -0.2) is 18.3 Å². The molecule has 1 unspecified atom stereocenters. The van der Waals surface area contributed by atoms with Crippen molar-refractivity contribution in [3.05, 3.63) is 34.3 Å². The molecule has 2 nitrogen and oxygen atoms in total. The van der Waals surface area contributed by atoms with Crippen molar-refractivity contribution in [3.63, 3.8) is 0 Å². The molecule has 1 rings (SSSR count). The highest BCUT2D eigenvalue weighted by molar-refractivity contribution is 9.10. The van der Waals surface area contributed by atoms with Crippen molar-refractivity contribution >= 4 is 15.9 Å². The van der Waals surface area contributed by atoms with Gasteiger partial charge < -0.3 is 10.4 Å². The number of unbranched alkanes of at least 4 members (excludes halogenated alkanes) is 1. The van der Waals surface area contributed by atoms with Gasteiger partial charge in [-0.15, -0.1) is 0 Å². The minimum atomic E-state index is 0.288. The lowest BCUT2D eigenvalue weighted by molar-refractivity contribution is 0.282. The van der Waals surface area contributed by atoms with Gasteiger partial charge in [0.05, 0.1) is 0 Å². The molecule has 1 aromatic carbocycles. The molecule has 0 saturated carbocycles. The minimum Gasteiger partial charge on any atom is -0.396 e. The van der Waals surface area contributed by atoms with E-state index < -0.39 is 0 Å². The van der Waals surface area contributed by atoms with Gasteiger partial charge in [0.15, 0.2) is 0 Å². The molecule has 0 aromatic heterocycles. The second-order valence-corrected chi connectivity index (χ2v) is 4.81. The van der Waals surface area contributed by atoms with Gasteiger partial charge in [-0.05, 0) is 43.5 Å². The van der Waals surface area contributed by atoms with Gasteiger partial charge >= 0.3 is 0 Å². The van der Waals surface area contributed by atoms with Crippen LogP contribution in [0, 0.1) is 0 Å². The lowest BCUT2D eigenvalue weighted by atomic mass is 10.0. The summed E-state index contributed by atoms with van der Waals surface area (Å²) in [6.07, 6.45) is 2.99. The molecule has 0 heterocycles. The van der Waals surface area contributed by atoms with Crippen LogP contribution in [0.3, 0.4) is 0 Å². The van der Waals surface area contributed by atoms with E-state index in [0.29, 0.717) is 6.04 Å². The second-order valence-electron chi connectivity index (χ2n) is 3.90. The van der Waals surface area contributed by atoms with Crippen LogP contribution in [-0.2, 0) is 0 Å². The van der Waals surface area contributed by atoms with Crippen LogP contribution in [0.4, 0.5) is 0 Å². The normalized spacial score (nSPS) is 12.7. The molecule has 90 valence electrons. The Balaban J connectivity index is 2.44. The van der Waals surface area contributed by atoms with E-state index >= 15 is 0 Å². The largest absolute Gasteiger partial charge is 0.396 e. The zero-order valence-corrected chi connectivity index (χ0v) is 11.3. The number of hydrogen-bond acceptors (Lipinski definition) is 2. The van der Waals surface area contributed by atoms with E-state index in [9.17, 15) is 0 Å². The topological polar surface area (TPSA) is 32.3 Å². The minimum absolute atomic E-state index is 0.288. The van der Waals surface area contributed by atoms with Gasteiger partial charge in [-0.3, -0.25) is 0 Å². The lowest BCUT2D eigenvalue weighted by Crippen LogP contribution is -2.22. The highest BCUT2D eigenvalue weighted by atomic mass is 79.9. The molecule has 0 radical (unpaired) electrons. The SMILES string of the molecule is CCC(NCCCCO)c1ccc(Br)cc1. The van der Waals surface area contributed by atoms with Crippen LogP contribution in [0.15, 0.2) is 28.7 Å². The Morgan fingerprint density at radius 2 is 1.94 bits per heavy atom. The average Bonchev–Trinajstić information content (AvgIpc) is 2.31. The van der Waals surface area contributed by atoms with Crippen molar-refractivity contribution in [1.29, 1.82) is 0 Å². The van der Waals surface area contributed by atoms with Gasteiger partial charge in [-0.1, -0.05) is 35.0 Å². The van der Waals surface area contributed by atoms with Crippen molar-refractivity contribution in [2.24, 2.45) is 0 Å². The lowest BCUT2D eigenvalue weighted by Gasteiger charge is -2.17. The van der Waals surface area contributed by atoms with Gasteiger partial charge in [0.1, 0.15) is 0 Å². The monoisotopic (exact) mass is 285 g/mol. The molecule has 0 aliphatic carbocycles. The zero-order valence-electron chi connectivity index (χ0n) is 9.75. The third kappa shape index (κ3) is 4.64. The van der Waals surface area contributed by atoms with Crippen molar-refractivity contribution < 1.29 is 5.11 Å². The van der Waals surface area contributed by atoms with E-state index in [1.54, 1.807) is 0 Å². The molecule has 0 aliphatic heterocycles. The molecule has 0 spiro atoms. The van der Waals surface area contributed by atoms with Gasteiger partial charge in [0, 0.05) is 17.1 Å². The quantitative estimate of drug-likeness (QED) is 0.754. The second kappa shape index (κ2) is 7.82. The van der Waals surface area contributed by atoms with Gasteiger partial charge in [-0.2, -0.15) is 0 Å². The summed E-state index contributed by atoms with van der Waals surface area (Å²) < 4.78 is 1.12. The zero-order chi connectivity index (χ0) is 11.8. The van der Waals surface area contributed by atoms with Gasteiger partial charge in [0.25, 0.3) is 0 Å². The maximum absolute atomic E-state index is 8.70. The maximum Gasteiger partial charge on any atom is 0.0431 e. The van der Waals surface area contributed by atoms with Crippen molar-refractivity contribution in [1.82, 2.24) is 5.32 Å². The van der Waals surface area contributed by atoms with Crippen LogP contribution >= 0.6 is 15.9 Å². The number of aliphatic hydroxyl groups excluding tert-OH is 1. The molecule has 0 aliphatic rings. The van der Waals surface area contributed by atoms with E-state index in [-0.39, 0.29) is 6.61 Å². The van der Waals surface area contributed by atoms with Crippen LogP contribution in [0.1, 0.15) is 37.8 Å². The number of benzene rings is 1. The molecule has 3 heteroatoms.